The van der Waals surface area contributed by atoms with E-state index in [0.717, 1.165) is 0 Å². The van der Waals surface area contributed by atoms with Crippen LogP contribution in [0.2, 0.25) is 0 Å². The maximum absolute atomic E-state index is 9.29. The summed E-state index contributed by atoms with van der Waals surface area (Å²) < 4.78 is 5.24. The van der Waals surface area contributed by atoms with Crippen molar-refractivity contribution in [1.82, 2.24) is 0 Å². The van der Waals surface area contributed by atoms with Gasteiger partial charge < -0.3 is 14.9 Å². The number of hydrogen-bond acceptors (Lipinski definition) is 3. The summed E-state index contributed by atoms with van der Waals surface area (Å²) in [6.07, 6.45) is 0.194. The molecule has 1 rings (SSSR count). The number of aromatic hydroxyl groups is 1. The summed E-state index contributed by atoms with van der Waals surface area (Å²) in [5.74, 6) is 0.594. The molecular weight excluding hydrogens is 168 g/mol. The highest BCUT2D eigenvalue weighted by molar-refractivity contribution is 5.37. The van der Waals surface area contributed by atoms with Crippen LogP contribution in [0.1, 0.15) is 13.3 Å². The lowest BCUT2D eigenvalue weighted by Gasteiger charge is -2.08. The molecule has 0 radical (unpaired) electrons. The standard InChI is InChI=1S/C10H14O3/c1-8(11)6-7-13-10-5-3-2-4-9(10)12/h2-5,8,11-12H,6-7H2,1H3. The maximum atomic E-state index is 9.29. The Kier molecular flexibility index (Phi) is 3.58. The zero-order valence-electron chi connectivity index (χ0n) is 7.60. The summed E-state index contributed by atoms with van der Waals surface area (Å²) in [4.78, 5) is 0. The van der Waals surface area contributed by atoms with Crippen molar-refractivity contribution in [1.29, 1.82) is 0 Å². The van der Waals surface area contributed by atoms with Gasteiger partial charge in [0.05, 0.1) is 12.7 Å². The lowest BCUT2D eigenvalue weighted by Crippen LogP contribution is -2.07. The minimum absolute atomic E-state index is 0.132. The van der Waals surface area contributed by atoms with Crippen molar-refractivity contribution in [2.75, 3.05) is 6.61 Å². The number of para-hydroxylation sites is 2. The van der Waals surface area contributed by atoms with E-state index in [-0.39, 0.29) is 11.9 Å². The Labute approximate surface area is 77.6 Å². The fourth-order valence-corrected chi connectivity index (χ4v) is 0.919. The van der Waals surface area contributed by atoms with Gasteiger partial charge in [0.2, 0.25) is 0 Å². The molecule has 0 saturated carbocycles. The lowest BCUT2D eigenvalue weighted by atomic mass is 10.3. The summed E-state index contributed by atoms with van der Waals surface area (Å²) in [6, 6.07) is 6.78. The molecule has 0 heterocycles. The van der Waals surface area contributed by atoms with Crippen LogP contribution in [0, 0.1) is 0 Å². The molecular formula is C10H14O3. The molecule has 1 atom stereocenters. The van der Waals surface area contributed by atoms with Crippen LogP contribution in [-0.4, -0.2) is 22.9 Å². The molecule has 0 aliphatic heterocycles. The number of aliphatic hydroxyl groups is 1. The Bertz CT molecular complexity index is 258. The first-order valence-electron chi connectivity index (χ1n) is 4.29. The third kappa shape index (κ3) is 3.34. The van der Waals surface area contributed by atoms with Crippen molar-refractivity contribution in [2.45, 2.75) is 19.4 Å². The highest BCUT2D eigenvalue weighted by Gasteiger charge is 2.00. The van der Waals surface area contributed by atoms with Gasteiger partial charge in [-0.2, -0.15) is 0 Å². The molecule has 0 saturated heterocycles. The van der Waals surface area contributed by atoms with E-state index < -0.39 is 0 Å². The molecule has 13 heavy (non-hydrogen) atoms. The van der Waals surface area contributed by atoms with Crippen LogP contribution in [0.3, 0.4) is 0 Å². The summed E-state index contributed by atoms with van der Waals surface area (Å²) >= 11 is 0. The Morgan fingerprint density at radius 1 is 1.38 bits per heavy atom. The first-order valence-corrected chi connectivity index (χ1v) is 4.29. The van der Waals surface area contributed by atoms with E-state index in [4.69, 9.17) is 9.84 Å². The molecule has 1 aromatic carbocycles. The number of ether oxygens (including phenoxy) is 1. The predicted molar refractivity (Wildman–Crippen MR) is 49.9 cm³/mol. The molecule has 0 aliphatic rings. The van der Waals surface area contributed by atoms with Gasteiger partial charge in [-0.25, -0.2) is 0 Å². The van der Waals surface area contributed by atoms with Crippen molar-refractivity contribution < 1.29 is 14.9 Å². The minimum atomic E-state index is -0.370. The second-order valence-electron chi connectivity index (χ2n) is 2.95. The third-order valence-corrected chi connectivity index (χ3v) is 1.66. The van der Waals surface area contributed by atoms with E-state index in [1.54, 1.807) is 31.2 Å². The monoisotopic (exact) mass is 182 g/mol. The van der Waals surface area contributed by atoms with Crippen molar-refractivity contribution in [3.05, 3.63) is 24.3 Å². The Morgan fingerprint density at radius 2 is 2.08 bits per heavy atom. The van der Waals surface area contributed by atoms with Gasteiger partial charge in [-0.1, -0.05) is 12.1 Å². The summed E-state index contributed by atoms with van der Waals surface area (Å²) in [5.41, 5.74) is 0. The Hall–Kier alpha value is -1.22. The number of aliphatic hydroxyl groups excluding tert-OH is 1. The van der Waals surface area contributed by atoms with Crippen molar-refractivity contribution in [2.24, 2.45) is 0 Å². The van der Waals surface area contributed by atoms with Crippen LogP contribution in [0.5, 0.6) is 11.5 Å². The van der Waals surface area contributed by atoms with Crippen molar-refractivity contribution in [3.8, 4) is 11.5 Å². The number of rotatable bonds is 4. The molecule has 0 aliphatic carbocycles. The van der Waals surface area contributed by atoms with E-state index in [9.17, 15) is 5.11 Å². The van der Waals surface area contributed by atoms with Gasteiger partial charge in [-0.3, -0.25) is 0 Å². The lowest BCUT2D eigenvalue weighted by molar-refractivity contribution is 0.154. The molecule has 0 amide bonds. The molecule has 72 valence electrons. The first-order chi connectivity index (χ1) is 6.20. The molecule has 3 heteroatoms. The third-order valence-electron chi connectivity index (χ3n) is 1.66. The normalized spacial score (nSPS) is 12.5. The molecule has 2 N–H and O–H groups in total. The highest BCUT2D eigenvalue weighted by Crippen LogP contribution is 2.24. The fourth-order valence-electron chi connectivity index (χ4n) is 0.919. The van der Waals surface area contributed by atoms with E-state index in [1.807, 2.05) is 0 Å². The van der Waals surface area contributed by atoms with Crippen LogP contribution < -0.4 is 4.74 Å². The van der Waals surface area contributed by atoms with Crippen LogP contribution in [0.4, 0.5) is 0 Å². The van der Waals surface area contributed by atoms with E-state index in [1.165, 1.54) is 0 Å². The van der Waals surface area contributed by atoms with E-state index in [2.05, 4.69) is 0 Å². The Balaban J connectivity index is 2.41. The van der Waals surface area contributed by atoms with E-state index in [0.29, 0.717) is 18.8 Å². The van der Waals surface area contributed by atoms with Gasteiger partial charge in [0.15, 0.2) is 11.5 Å². The molecule has 0 spiro atoms. The van der Waals surface area contributed by atoms with Crippen molar-refractivity contribution in [3.63, 3.8) is 0 Å². The fraction of sp³-hybridized carbons (Fsp3) is 0.400. The van der Waals surface area contributed by atoms with Gasteiger partial charge in [0, 0.05) is 6.42 Å². The topological polar surface area (TPSA) is 49.7 Å². The zero-order chi connectivity index (χ0) is 9.68. The predicted octanol–water partition coefficient (Wildman–Crippen LogP) is 1.54. The van der Waals surface area contributed by atoms with Crippen LogP contribution >= 0.6 is 0 Å². The van der Waals surface area contributed by atoms with Gasteiger partial charge in [0.1, 0.15) is 0 Å². The molecule has 1 unspecified atom stereocenters. The van der Waals surface area contributed by atoms with Gasteiger partial charge >= 0.3 is 0 Å². The highest BCUT2D eigenvalue weighted by atomic mass is 16.5. The smallest absolute Gasteiger partial charge is 0.160 e. The molecule has 0 fully saturated rings. The van der Waals surface area contributed by atoms with Gasteiger partial charge in [0.25, 0.3) is 0 Å². The molecule has 0 bridgehead atoms. The van der Waals surface area contributed by atoms with Crippen LogP contribution in [0.15, 0.2) is 24.3 Å². The maximum Gasteiger partial charge on any atom is 0.160 e. The Morgan fingerprint density at radius 3 is 2.69 bits per heavy atom. The summed E-state index contributed by atoms with van der Waals surface area (Å²) in [5, 5.41) is 18.2. The zero-order valence-corrected chi connectivity index (χ0v) is 7.60. The van der Waals surface area contributed by atoms with E-state index >= 15 is 0 Å². The number of benzene rings is 1. The molecule has 0 aromatic heterocycles. The average molecular weight is 182 g/mol. The second-order valence-corrected chi connectivity index (χ2v) is 2.95. The quantitative estimate of drug-likeness (QED) is 0.742. The minimum Gasteiger partial charge on any atom is -0.504 e. The van der Waals surface area contributed by atoms with Crippen LogP contribution in [0.25, 0.3) is 0 Å². The number of phenols is 1. The molecule has 3 nitrogen and oxygen atoms in total. The van der Waals surface area contributed by atoms with Gasteiger partial charge in [-0.05, 0) is 19.1 Å². The van der Waals surface area contributed by atoms with Crippen molar-refractivity contribution >= 4 is 0 Å². The summed E-state index contributed by atoms with van der Waals surface area (Å²) in [6.45, 7) is 2.11. The van der Waals surface area contributed by atoms with Crippen LogP contribution in [-0.2, 0) is 0 Å². The first kappa shape index (κ1) is 9.86. The van der Waals surface area contributed by atoms with Gasteiger partial charge in [-0.15, -0.1) is 0 Å². The SMILES string of the molecule is CC(O)CCOc1ccccc1O. The number of phenolic OH excluding ortho intramolecular Hbond substituents is 1. The average Bonchev–Trinajstić information content (AvgIpc) is 2.08. The largest absolute Gasteiger partial charge is 0.504 e. The summed E-state index contributed by atoms with van der Waals surface area (Å²) in [7, 11) is 0. The second kappa shape index (κ2) is 4.72. The number of hydrogen-bond donors (Lipinski definition) is 2. The molecule has 1 aromatic rings.